The Morgan fingerprint density at radius 3 is 2.53 bits per heavy atom. The molecule has 5 nitrogen and oxygen atoms in total. The number of nitrogens with zero attached hydrogens (tertiary/aromatic N) is 3. The van der Waals surface area contributed by atoms with Gasteiger partial charge >= 0.3 is 0 Å². The normalized spacial score (nSPS) is 19.6. The molecule has 2 aromatic rings. The number of carbonyl (C=O) groups excluding carboxylic acids is 1. The SMILES string of the molecule is O=C(NCc1ccccn1)C1CCN(C2CCN(Cc3cccc(F)c3)CC2)CC1. The van der Waals surface area contributed by atoms with Gasteiger partial charge in [-0.3, -0.25) is 14.7 Å². The second kappa shape index (κ2) is 10.1. The Kier molecular flexibility index (Phi) is 7.07. The van der Waals surface area contributed by atoms with E-state index >= 15 is 0 Å². The summed E-state index contributed by atoms with van der Waals surface area (Å²) in [6.45, 7) is 5.41. The predicted octanol–water partition coefficient (Wildman–Crippen LogP) is 3.21. The first-order valence-electron chi connectivity index (χ1n) is 11.1. The molecule has 2 aliphatic heterocycles. The number of halogens is 1. The monoisotopic (exact) mass is 410 g/mol. The second-order valence-corrected chi connectivity index (χ2v) is 8.49. The standard InChI is InChI=1S/C24H31FN4O/c25-21-5-3-4-19(16-21)18-28-12-9-23(10-13-28)29-14-7-20(8-15-29)24(30)27-17-22-6-1-2-11-26-22/h1-6,11,16,20,23H,7-10,12-15,17-18H2,(H,27,30). The zero-order valence-electron chi connectivity index (χ0n) is 17.5. The maximum atomic E-state index is 13.4. The van der Waals surface area contributed by atoms with Gasteiger partial charge in [0, 0.05) is 24.7 Å². The molecule has 0 bridgehead atoms. The minimum Gasteiger partial charge on any atom is -0.350 e. The molecule has 0 unspecified atom stereocenters. The fourth-order valence-corrected chi connectivity index (χ4v) is 4.69. The summed E-state index contributed by atoms with van der Waals surface area (Å²) < 4.78 is 13.4. The third kappa shape index (κ3) is 5.64. The Labute approximate surface area is 178 Å². The van der Waals surface area contributed by atoms with Crippen LogP contribution in [0.2, 0.25) is 0 Å². The van der Waals surface area contributed by atoms with Gasteiger partial charge in [-0.05, 0) is 81.7 Å². The Hall–Kier alpha value is -2.31. The van der Waals surface area contributed by atoms with Crippen molar-refractivity contribution in [1.29, 1.82) is 0 Å². The molecule has 0 spiro atoms. The van der Waals surface area contributed by atoms with E-state index in [1.54, 1.807) is 18.3 Å². The van der Waals surface area contributed by atoms with Crippen LogP contribution in [0.25, 0.3) is 0 Å². The lowest BCUT2D eigenvalue weighted by Gasteiger charge is -2.41. The number of pyridine rings is 1. The van der Waals surface area contributed by atoms with Crippen LogP contribution in [0.4, 0.5) is 4.39 Å². The van der Waals surface area contributed by atoms with Gasteiger partial charge in [0.25, 0.3) is 0 Å². The fourth-order valence-electron chi connectivity index (χ4n) is 4.69. The largest absolute Gasteiger partial charge is 0.350 e. The first kappa shape index (κ1) is 20.9. The lowest BCUT2D eigenvalue weighted by Crippen LogP contribution is -2.49. The smallest absolute Gasteiger partial charge is 0.223 e. The number of hydrogen-bond donors (Lipinski definition) is 1. The van der Waals surface area contributed by atoms with E-state index in [1.165, 1.54) is 6.07 Å². The van der Waals surface area contributed by atoms with Crippen LogP contribution in [0.1, 0.15) is 36.9 Å². The predicted molar refractivity (Wildman–Crippen MR) is 115 cm³/mol. The summed E-state index contributed by atoms with van der Waals surface area (Å²) in [5, 5.41) is 3.04. The van der Waals surface area contributed by atoms with Crippen molar-refractivity contribution < 1.29 is 9.18 Å². The highest BCUT2D eigenvalue weighted by molar-refractivity contribution is 5.78. The Morgan fingerprint density at radius 1 is 1.03 bits per heavy atom. The van der Waals surface area contributed by atoms with Gasteiger partial charge in [-0.25, -0.2) is 4.39 Å². The van der Waals surface area contributed by atoms with E-state index < -0.39 is 0 Å². The molecule has 6 heteroatoms. The van der Waals surface area contributed by atoms with Crippen molar-refractivity contribution in [3.8, 4) is 0 Å². The molecule has 0 saturated carbocycles. The molecule has 2 saturated heterocycles. The molecule has 0 aliphatic carbocycles. The van der Waals surface area contributed by atoms with Crippen molar-refractivity contribution in [3.63, 3.8) is 0 Å². The summed E-state index contributed by atoms with van der Waals surface area (Å²) in [6, 6.07) is 13.3. The molecule has 3 heterocycles. The summed E-state index contributed by atoms with van der Waals surface area (Å²) in [5.74, 6) is 0.109. The van der Waals surface area contributed by atoms with Gasteiger partial charge in [-0.15, -0.1) is 0 Å². The molecule has 0 atom stereocenters. The number of hydrogen-bond acceptors (Lipinski definition) is 4. The average Bonchev–Trinajstić information content (AvgIpc) is 2.79. The third-order valence-corrected chi connectivity index (χ3v) is 6.44. The van der Waals surface area contributed by atoms with E-state index in [4.69, 9.17) is 0 Å². The highest BCUT2D eigenvalue weighted by atomic mass is 19.1. The Balaban J connectivity index is 1.17. The average molecular weight is 411 g/mol. The van der Waals surface area contributed by atoms with Crippen LogP contribution in [-0.4, -0.2) is 52.9 Å². The molecule has 2 aliphatic rings. The Morgan fingerprint density at radius 2 is 1.83 bits per heavy atom. The molecule has 160 valence electrons. The number of aromatic nitrogens is 1. The van der Waals surface area contributed by atoms with Gasteiger partial charge in [0.05, 0.1) is 12.2 Å². The molecule has 1 aromatic heterocycles. The van der Waals surface area contributed by atoms with Gasteiger partial charge in [-0.1, -0.05) is 18.2 Å². The topological polar surface area (TPSA) is 48.5 Å². The van der Waals surface area contributed by atoms with Crippen molar-refractivity contribution in [2.24, 2.45) is 5.92 Å². The molecule has 1 aromatic carbocycles. The van der Waals surface area contributed by atoms with Crippen LogP contribution in [0.15, 0.2) is 48.7 Å². The minimum atomic E-state index is -0.158. The molecule has 0 radical (unpaired) electrons. The van der Waals surface area contributed by atoms with Crippen molar-refractivity contribution >= 4 is 5.91 Å². The fraction of sp³-hybridized carbons (Fsp3) is 0.500. The molecule has 4 rings (SSSR count). The number of benzene rings is 1. The Bertz CT molecular complexity index is 815. The maximum absolute atomic E-state index is 13.4. The highest BCUT2D eigenvalue weighted by Gasteiger charge is 2.30. The summed E-state index contributed by atoms with van der Waals surface area (Å²) in [6.07, 6.45) is 5.90. The van der Waals surface area contributed by atoms with Gasteiger partial charge in [0.15, 0.2) is 0 Å². The van der Waals surface area contributed by atoms with E-state index in [0.717, 1.165) is 69.7 Å². The molecule has 30 heavy (non-hydrogen) atoms. The first-order chi connectivity index (χ1) is 14.7. The lowest BCUT2D eigenvalue weighted by atomic mass is 9.92. The number of rotatable bonds is 6. The molecule has 1 amide bonds. The zero-order chi connectivity index (χ0) is 20.8. The number of nitrogens with one attached hydrogen (secondary N) is 1. The van der Waals surface area contributed by atoms with Gasteiger partial charge in [-0.2, -0.15) is 0 Å². The van der Waals surface area contributed by atoms with Crippen molar-refractivity contribution in [2.45, 2.75) is 44.8 Å². The van der Waals surface area contributed by atoms with Crippen molar-refractivity contribution in [3.05, 3.63) is 65.7 Å². The van der Waals surface area contributed by atoms with E-state index in [1.807, 2.05) is 24.3 Å². The van der Waals surface area contributed by atoms with E-state index in [2.05, 4.69) is 20.1 Å². The highest BCUT2D eigenvalue weighted by Crippen LogP contribution is 2.25. The van der Waals surface area contributed by atoms with Crippen LogP contribution in [0, 0.1) is 11.7 Å². The van der Waals surface area contributed by atoms with E-state index in [9.17, 15) is 9.18 Å². The van der Waals surface area contributed by atoms with Crippen LogP contribution in [0.5, 0.6) is 0 Å². The first-order valence-corrected chi connectivity index (χ1v) is 11.1. The summed E-state index contributed by atoms with van der Waals surface area (Å²) in [4.78, 5) is 21.8. The molecular formula is C24H31FN4O. The summed E-state index contributed by atoms with van der Waals surface area (Å²) >= 11 is 0. The summed E-state index contributed by atoms with van der Waals surface area (Å²) in [5.41, 5.74) is 1.94. The third-order valence-electron chi connectivity index (χ3n) is 6.44. The summed E-state index contributed by atoms with van der Waals surface area (Å²) in [7, 11) is 0. The quantitative estimate of drug-likeness (QED) is 0.795. The van der Waals surface area contributed by atoms with Crippen molar-refractivity contribution in [2.75, 3.05) is 26.2 Å². The van der Waals surface area contributed by atoms with E-state index in [-0.39, 0.29) is 17.6 Å². The zero-order valence-corrected chi connectivity index (χ0v) is 17.5. The van der Waals surface area contributed by atoms with E-state index in [0.29, 0.717) is 12.6 Å². The van der Waals surface area contributed by atoms with Crippen LogP contribution >= 0.6 is 0 Å². The number of carbonyl (C=O) groups is 1. The minimum absolute atomic E-state index is 0.109. The lowest BCUT2D eigenvalue weighted by molar-refractivity contribution is -0.126. The van der Waals surface area contributed by atoms with Gasteiger partial charge < -0.3 is 10.2 Å². The number of likely N-dealkylation sites (tertiary alicyclic amines) is 2. The van der Waals surface area contributed by atoms with Crippen LogP contribution < -0.4 is 5.32 Å². The van der Waals surface area contributed by atoms with Gasteiger partial charge in [0.1, 0.15) is 5.82 Å². The van der Waals surface area contributed by atoms with Crippen molar-refractivity contribution in [1.82, 2.24) is 20.1 Å². The molecule has 2 fully saturated rings. The number of amides is 1. The van der Waals surface area contributed by atoms with Gasteiger partial charge in [0.2, 0.25) is 5.91 Å². The number of piperidine rings is 2. The molecule has 1 N–H and O–H groups in total. The van der Waals surface area contributed by atoms with Crippen LogP contribution in [-0.2, 0) is 17.9 Å². The second-order valence-electron chi connectivity index (χ2n) is 8.49. The molecular weight excluding hydrogens is 379 g/mol. The van der Waals surface area contributed by atoms with Crippen LogP contribution in [0.3, 0.4) is 0 Å². The maximum Gasteiger partial charge on any atom is 0.223 e.